The van der Waals surface area contributed by atoms with Gasteiger partial charge < -0.3 is 9.57 Å². The molecule has 0 aliphatic carbocycles. The van der Waals surface area contributed by atoms with Crippen LogP contribution in [0.2, 0.25) is 0 Å². The van der Waals surface area contributed by atoms with Gasteiger partial charge in [0.05, 0.1) is 12.8 Å². The molecule has 0 saturated heterocycles. The Hall–Kier alpha value is -2.83. The minimum Gasteiger partial charge on any atom is -0.496 e. The summed E-state index contributed by atoms with van der Waals surface area (Å²) < 4.78 is 5.23. The summed E-state index contributed by atoms with van der Waals surface area (Å²) in [5.41, 5.74) is 3.49. The van der Waals surface area contributed by atoms with E-state index in [1.165, 1.54) is 13.0 Å². The minimum absolute atomic E-state index is 0.104. The Morgan fingerprint density at radius 3 is 2.75 bits per heavy atom. The first-order valence-electron chi connectivity index (χ1n) is 5.78. The quantitative estimate of drug-likeness (QED) is 0.823. The fourth-order valence-electron chi connectivity index (χ4n) is 1.61. The Balaban J connectivity index is 2.20. The van der Waals surface area contributed by atoms with E-state index in [0.29, 0.717) is 11.4 Å². The smallest absolute Gasteiger partial charge is 0.329 e. The van der Waals surface area contributed by atoms with Gasteiger partial charge >= 0.3 is 11.9 Å². The molecular weight excluding hydrogens is 262 g/mol. The summed E-state index contributed by atoms with van der Waals surface area (Å²) >= 11 is 0. The molecule has 2 aromatic rings. The zero-order valence-electron chi connectivity index (χ0n) is 11.0. The molecule has 1 aromatic heterocycles. The van der Waals surface area contributed by atoms with Crippen LogP contribution in [0.25, 0.3) is 11.3 Å². The van der Waals surface area contributed by atoms with E-state index < -0.39 is 11.9 Å². The summed E-state index contributed by atoms with van der Waals surface area (Å²) in [7, 11) is 1.56. The Bertz CT molecular complexity index is 636. The van der Waals surface area contributed by atoms with E-state index >= 15 is 0 Å². The number of hydrogen-bond donors (Lipinski definition) is 2. The van der Waals surface area contributed by atoms with Gasteiger partial charge in [0.25, 0.3) is 0 Å². The lowest BCUT2D eigenvalue weighted by Gasteiger charge is -2.05. The summed E-state index contributed by atoms with van der Waals surface area (Å²) in [6.07, 6.45) is 0. The number of benzene rings is 1. The lowest BCUT2D eigenvalue weighted by molar-refractivity contribution is -0.146. The number of hydrogen-bond acceptors (Lipinski definition) is 5. The van der Waals surface area contributed by atoms with Crippen LogP contribution >= 0.6 is 0 Å². The number of nitrogens with one attached hydrogen (secondary N) is 2. The molecule has 0 aliphatic rings. The van der Waals surface area contributed by atoms with Crippen molar-refractivity contribution >= 4 is 11.9 Å². The molecule has 0 spiro atoms. The van der Waals surface area contributed by atoms with Gasteiger partial charge in [-0.05, 0) is 18.2 Å². The van der Waals surface area contributed by atoms with Crippen molar-refractivity contribution in [2.24, 2.45) is 0 Å². The van der Waals surface area contributed by atoms with Gasteiger partial charge in [-0.1, -0.05) is 12.1 Å². The lowest BCUT2D eigenvalue weighted by Crippen LogP contribution is -2.26. The predicted octanol–water partition coefficient (Wildman–Crippen LogP) is 1.29. The highest BCUT2D eigenvalue weighted by Crippen LogP contribution is 2.28. The van der Waals surface area contributed by atoms with Crippen molar-refractivity contribution in [3.05, 3.63) is 36.0 Å². The molecule has 0 unspecified atom stereocenters. The van der Waals surface area contributed by atoms with Gasteiger partial charge in [-0.2, -0.15) is 10.6 Å². The topological polar surface area (TPSA) is 93.3 Å². The normalized spacial score (nSPS) is 9.90. The molecule has 0 atom stereocenters. The number of amides is 1. The number of H-pyrrole nitrogens is 1. The maximum absolute atomic E-state index is 11.6. The summed E-state index contributed by atoms with van der Waals surface area (Å²) in [5.74, 6) is -0.570. The average molecular weight is 275 g/mol. The molecule has 104 valence electrons. The van der Waals surface area contributed by atoms with Crippen molar-refractivity contribution in [3.8, 4) is 17.0 Å². The largest absolute Gasteiger partial charge is 0.496 e. The van der Waals surface area contributed by atoms with Crippen molar-refractivity contribution in [3.63, 3.8) is 0 Å². The van der Waals surface area contributed by atoms with Crippen LogP contribution in [0.3, 0.4) is 0 Å². The number of nitrogens with zero attached hydrogens (tertiary/aromatic N) is 1. The number of para-hydroxylation sites is 1. The zero-order chi connectivity index (χ0) is 14.5. The molecule has 0 radical (unpaired) electrons. The molecule has 1 heterocycles. The van der Waals surface area contributed by atoms with Crippen molar-refractivity contribution in [1.29, 1.82) is 0 Å². The Morgan fingerprint density at radius 2 is 2.05 bits per heavy atom. The predicted molar refractivity (Wildman–Crippen MR) is 69.8 cm³/mol. The molecule has 0 saturated carbocycles. The van der Waals surface area contributed by atoms with E-state index in [-0.39, 0.29) is 5.69 Å². The third-order valence-corrected chi connectivity index (χ3v) is 2.50. The summed E-state index contributed by atoms with van der Waals surface area (Å²) in [6, 6.07) is 8.86. The monoisotopic (exact) mass is 275 g/mol. The number of ether oxygens (including phenoxy) is 1. The third-order valence-electron chi connectivity index (χ3n) is 2.50. The second-order valence-corrected chi connectivity index (χ2v) is 3.89. The van der Waals surface area contributed by atoms with E-state index in [2.05, 4.69) is 15.0 Å². The van der Waals surface area contributed by atoms with Gasteiger partial charge in [-0.3, -0.25) is 14.7 Å². The molecular formula is C13H13N3O4. The van der Waals surface area contributed by atoms with Crippen LogP contribution < -0.4 is 10.2 Å². The number of rotatable bonds is 3. The molecule has 2 rings (SSSR count). The van der Waals surface area contributed by atoms with Crippen LogP contribution in [0.4, 0.5) is 0 Å². The van der Waals surface area contributed by atoms with Gasteiger partial charge in [0.1, 0.15) is 5.75 Å². The zero-order valence-corrected chi connectivity index (χ0v) is 11.0. The lowest BCUT2D eigenvalue weighted by atomic mass is 10.1. The first kappa shape index (κ1) is 13.6. The number of aromatic amines is 1. The number of aromatic nitrogens is 2. The number of carbonyl (C=O) groups excluding carboxylic acids is 2. The highest BCUT2D eigenvalue weighted by molar-refractivity contribution is 5.93. The molecule has 1 amide bonds. The number of hydroxylamine groups is 1. The van der Waals surface area contributed by atoms with E-state index in [1.54, 1.807) is 13.2 Å². The number of methoxy groups -OCH3 is 1. The number of carbonyl (C=O) groups is 2. The first-order valence-corrected chi connectivity index (χ1v) is 5.78. The average Bonchev–Trinajstić information content (AvgIpc) is 2.94. The van der Waals surface area contributed by atoms with E-state index in [0.717, 1.165) is 5.56 Å². The first-order chi connectivity index (χ1) is 9.61. The molecule has 0 fully saturated rings. The maximum atomic E-state index is 11.6. The molecule has 2 N–H and O–H groups in total. The minimum atomic E-state index is -0.613. The van der Waals surface area contributed by atoms with Crippen molar-refractivity contribution in [2.45, 2.75) is 6.92 Å². The molecule has 20 heavy (non-hydrogen) atoms. The Kier molecular flexibility index (Phi) is 3.99. The maximum Gasteiger partial charge on any atom is 0.329 e. The fraction of sp³-hybridized carbons (Fsp3) is 0.154. The van der Waals surface area contributed by atoms with Gasteiger partial charge in [-0.25, -0.2) is 0 Å². The third kappa shape index (κ3) is 2.94. The highest BCUT2D eigenvalue weighted by atomic mass is 16.7. The van der Waals surface area contributed by atoms with Crippen LogP contribution in [-0.2, 0) is 9.63 Å². The van der Waals surface area contributed by atoms with E-state index in [1.807, 2.05) is 23.7 Å². The van der Waals surface area contributed by atoms with E-state index in [4.69, 9.17) is 4.74 Å². The molecule has 0 aliphatic heterocycles. The molecule has 7 heteroatoms. The fourth-order valence-corrected chi connectivity index (χ4v) is 1.61. The SMILES string of the molecule is COc1ccccc1-c1cc(C(=O)NOC(C)=O)n[nH]1. The van der Waals surface area contributed by atoms with E-state index in [9.17, 15) is 9.59 Å². The summed E-state index contributed by atoms with van der Waals surface area (Å²) in [5, 5.41) is 6.60. The standard InChI is InChI=1S/C13H13N3O4/c1-8(17)20-16-13(18)11-7-10(14-15-11)9-5-3-4-6-12(9)19-2/h3-7H,1-2H3,(H,14,15)(H,16,18). The second-order valence-electron chi connectivity index (χ2n) is 3.89. The molecule has 1 aromatic carbocycles. The van der Waals surface area contributed by atoms with Crippen LogP contribution in [0.15, 0.2) is 30.3 Å². The van der Waals surface area contributed by atoms with Crippen molar-refractivity contribution in [1.82, 2.24) is 15.7 Å². The van der Waals surface area contributed by atoms with Crippen LogP contribution in [0, 0.1) is 0 Å². The molecule has 0 bridgehead atoms. The summed E-state index contributed by atoms with van der Waals surface area (Å²) in [4.78, 5) is 26.7. The van der Waals surface area contributed by atoms with Crippen LogP contribution in [-0.4, -0.2) is 29.2 Å². The summed E-state index contributed by atoms with van der Waals surface area (Å²) in [6.45, 7) is 1.19. The van der Waals surface area contributed by atoms with Crippen molar-refractivity contribution < 1.29 is 19.2 Å². The van der Waals surface area contributed by atoms with Gasteiger partial charge in [0, 0.05) is 12.5 Å². The highest BCUT2D eigenvalue weighted by Gasteiger charge is 2.14. The second kappa shape index (κ2) is 5.87. The van der Waals surface area contributed by atoms with Gasteiger partial charge in [0.15, 0.2) is 5.69 Å². The molecule has 7 nitrogen and oxygen atoms in total. The van der Waals surface area contributed by atoms with Gasteiger partial charge in [-0.15, -0.1) is 0 Å². The Labute approximate surface area is 114 Å². The van der Waals surface area contributed by atoms with Crippen LogP contribution in [0.1, 0.15) is 17.4 Å². The Morgan fingerprint density at radius 1 is 1.30 bits per heavy atom. The van der Waals surface area contributed by atoms with Crippen LogP contribution in [0.5, 0.6) is 5.75 Å². The van der Waals surface area contributed by atoms with Gasteiger partial charge in [0.2, 0.25) is 0 Å². The van der Waals surface area contributed by atoms with Crippen molar-refractivity contribution in [2.75, 3.05) is 7.11 Å².